The Balaban J connectivity index is 2.48. The number of carbonyl (C=O) groups is 1. The summed E-state index contributed by atoms with van der Waals surface area (Å²) in [6.45, 7) is 3.94. The molecule has 4 nitrogen and oxygen atoms in total. The predicted molar refractivity (Wildman–Crippen MR) is 83.5 cm³/mol. The van der Waals surface area contributed by atoms with Crippen molar-refractivity contribution >= 4 is 43.5 Å². The smallest absolute Gasteiger partial charge is 0.277 e. The van der Waals surface area contributed by atoms with Gasteiger partial charge >= 0.3 is 0 Å². The van der Waals surface area contributed by atoms with Crippen LogP contribution in [0.4, 0.5) is 0 Å². The first kappa shape index (κ1) is 16.2. The maximum absolute atomic E-state index is 11.6. The normalized spacial score (nSPS) is 9.89. The molecule has 0 atom stereocenters. The van der Waals surface area contributed by atoms with Gasteiger partial charge in [-0.2, -0.15) is 5.10 Å². The van der Waals surface area contributed by atoms with Crippen LogP contribution in [0.5, 0.6) is 5.75 Å². The van der Waals surface area contributed by atoms with E-state index in [1.165, 1.54) is 0 Å². The Morgan fingerprint density at radius 2 is 2.00 bits per heavy atom. The van der Waals surface area contributed by atoms with Gasteiger partial charge in [0.25, 0.3) is 5.91 Å². The van der Waals surface area contributed by atoms with Crippen molar-refractivity contribution in [3.05, 3.63) is 27.1 Å². The molecule has 0 unspecified atom stereocenters. The lowest BCUT2D eigenvalue weighted by atomic mass is 10.2. The highest BCUT2D eigenvalue weighted by Gasteiger charge is 2.05. The Morgan fingerprint density at radius 3 is 2.58 bits per heavy atom. The molecule has 1 rings (SSSR count). The number of amides is 1. The lowest BCUT2D eigenvalue weighted by molar-refractivity contribution is -0.123. The average molecular weight is 392 g/mol. The summed E-state index contributed by atoms with van der Waals surface area (Å²) < 4.78 is 7.14. The zero-order valence-corrected chi connectivity index (χ0v) is 14.0. The number of ether oxygens (including phenoxy) is 1. The van der Waals surface area contributed by atoms with Gasteiger partial charge in [0.15, 0.2) is 6.61 Å². The van der Waals surface area contributed by atoms with Gasteiger partial charge < -0.3 is 4.74 Å². The predicted octanol–water partition coefficient (Wildman–Crippen LogP) is 3.88. The highest BCUT2D eigenvalue weighted by Crippen LogP contribution is 2.27. The lowest BCUT2D eigenvalue weighted by Crippen LogP contribution is -2.25. The molecule has 1 N–H and O–H groups in total. The van der Waals surface area contributed by atoms with Crippen LogP contribution in [0.3, 0.4) is 0 Å². The summed E-state index contributed by atoms with van der Waals surface area (Å²) in [5.74, 6) is 0.350. The van der Waals surface area contributed by atoms with E-state index in [1.54, 1.807) is 6.07 Å². The van der Waals surface area contributed by atoms with Gasteiger partial charge in [0, 0.05) is 10.2 Å². The van der Waals surface area contributed by atoms with E-state index in [4.69, 9.17) is 4.74 Å². The van der Waals surface area contributed by atoms with E-state index in [0.29, 0.717) is 5.75 Å². The number of halogens is 2. The maximum atomic E-state index is 11.6. The second-order valence-corrected chi connectivity index (χ2v) is 5.55. The minimum absolute atomic E-state index is 0.0650. The molecule has 0 heterocycles. The van der Waals surface area contributed by atoms with Gasteiger partial charge in [0.2, 0.25) is 0 Å². The third-order valence-corrected chi connectivity index (χ3v) is 3.52. The molecule has 6 heteroatoms. The summed E-state index contributed by atoms with van der Waals surface area (Å²) in [6, 6.07) is 5.49. The number of hydrazone groups is 1. The van der Waals surface area contributed by atoms with Crippen LogP contribution in [-0.4, -0.2) is 18.2 Å². The third-order valence-electron chi connectivity index (χ3n) is 2.41. The lowest BCUT2D eigenvalue weighted by Gasteiger charge is -2.08. The minimum atomic E-state index is -0.269. The second kappa shape index (κ2) is 8.32. The number of hydrogen-bond acceptors (Lipinski definition) is 3. The van der Waals surface area contributed by atoms with Crippen molar-refractivity contribution in [2.45, 2.75) is 26.7 Å². The molecule has 0 bridgehead atoms. The Bertz CT molecular complexity index is 470. The van der Waals surface area contributed by atoms with Gasteiger partial charge in [0.05, 0.1) is 4.47 Å². The fourth-order valence-corrected chi connectivity index (χ4v) is 2.48. The summed E-state index contributed by atoms with van der Waals surface area (Å²) in [7, 11) is 0. The summed E-state index contributed by atoms with van der Waals surface area (Å²) >= 11 is 6.72. The summed E-state index contributed by atoms with van der Waals surface area (Å²) in [4.78, 5) is 11.6. The molecule has 1 amide bonds. The fraction of sp³-hybridized carbons (Fsp3) is 0.385. The molecule has 0 spiro atoms. The highest BCUT2D eigenvalue weighted by atomic mass is 79.9. The van der Waals surface area contributed by atoms with Gasteiger partial charge in [-0.3, -0.25) is 4.79 Å². The molecule has 0 radical (unpaired) electrons. The van der Waals surface area contributed by atoms with Crippen molar-refractivity contribution in [3.63, 3.8) is 0 Å². The number of nitrogens with zero attached hydrogens (tertiary/aromatic N) is 1. The molecular weight excluding hydrogens is 376 g/mol. The Morgan fingerprint density at radius 1 is 1.32 bits per heavy atom. The summed E-state index contributed by atoms with van der Waals surface area (Å²) in [5, 5.41) is 4.03. The molecule has 0 aliphatic heterocycles. The molecule has 1 aromatic rings. The molecular formula is C13H16Br2N2O2. The van der Waals surface area contributed by atoms with Crippen molar-refractivity contribution < 1.29 is 9.53 Å². The van der Waals surface area contributed by atoms with Gasteiger partial charge in [-0.1, -0.05) is 29.8 Å². The summed E-state index contributed by atoms with van der Waals surface area (Å²) in [5.41, 5.74) is 3.44. The van der Waals surface area contributed by atoms with Crippen molar-refractivity contribution in [2.24, 2.45) is 5.10 Å². The number of hydrogen-bond donors (Lipinski definition) is 1. The van der Waals surface area contributed by atoms with Crippen molar-refractivity contribution in [1.82, 2.24) is 5.43 Å². The Labute approximate surface area is 129 Å². The van der Waals surface area contributed by atoms with Crippen LogP contribution in [0.25, 0.3) is 0 Å². The summed E-state index contributed by atoms with van der Waals surface area (Å²) in [6.07, 6.45) is 1.66. The topological polar surface area (TPSA) is 50.7 Å². The number of rotatable bonds is 6. The molecule has 0 saturated carbocycles. The van der Waals surface area contributed by atoms with Gasteiger partial charge in [-0.05, 0) is 47.0 Å². The van der Waals surface area contributed by atoms with E-state index in [-0.39, 0.29) is 12.5 Å². The monoisotopic (exact) mass is 390 g/mol. The van der Waals surface area contributed by atoms with E-state index < -0.39 is 0 Å². The number of nitrogens with one attached hydrogen (secondary N) is 1. The second-order valence-electron chi connectivity index (χ2n) is 3.78. The maximum Gasteiger partial charge on any atom is 0.277 e. The standard InChI is InChI=1S/C13H16Br2N2O2/c1-3-10(4-2)16-17-13(18)8-19-12-6-5-9(14)7-11(12)15/h5-7H,3-4,8H2,1-2H3,(H,17,18). The third kappa shape index (κ3) is 5.74. The molecule has 104 valence electrons. The van der Waals surface area contributed by atoms with Gasteiger partial charge in [0.1, 0.15) is 5.75 Å². The van der Waals surface area contributed by atoms with E-state index in [1.807, 2.05) is 26.0 Å². The van der Waals surface area contributed by atoms with Crippen LogP contribution in [0, 0.1) is 0 Å². The van der Waals surface area contributed by atoms with Crippen LogP contribution in [0.1, 0.15) is 26.7 Å². The first-order chi connectivity index (χ1) is 9.06. The van der Waals surface area contributed by atoms with Crippen LogP contribution < -0.4 is 10.2 Å². The van der Waals surface area contributed by atoms with Gasteiger partial charge in [-0.15, -0.1) is 0 Å². The zero-order chi connectivity index (χ0) is 14.3. The van der Waals surface area contributed by atoms with Crippen LogP contribution >= 0.6 is 31.9 Å². The van der Waals surface area contributed by atoms with Gasteiger partial charge in [-0.25, -0.2) is 5.43 Å². The van der Waals surface area contributed by atoms with Crippen molar-refractivity contribution in [3.8, 4) is 5.75 Å². The van der Waals surface area contributed by atoms with E-state index in [9.17, 15) is 4.79 Å². The Kier molecular flexibility index (Phi) is 7.09. The number of benzene rings is 1. The fourth-order valence-electron chi connectivity index (χ4n) is 1.32. The first-order valence-electron chi connectivity index (χ1n) is 5.99. The molecule has 0 fully saturated rings. The molecule has 1 aromatic carbocycles. The molecule has 0 saturated heterocycles. The molecule has 0 aliphatic carbocycles. The van der Waals surface area contributed by atoms with Crippen LogP contribution in [-0.2, 0) is 4.79 Å². The Hall–Kier alpha value is -0.880. The van der Waals surface area contributed by atoms with Crippen molar-refractivity contribution in [1.29, 1.82) is 0 Å². The quantitative estimate of drug-likeness (QED) is 0.590. The average Bonchev–Trinajstić information content (AvgIpc) is 2.39. The van der Waals surface area contributed by atoms with E-state index in [0.717, 1.165) is 27.5 Å². The van der Waals surface area contributed by atoms with E-state index in [2.05, 4.69) is 42.4 Å². The highest BCUT2D eigenvalue weighted by molar-refractivity contribution is 9.11. The zero-order valence-electron chi connectivity index (χ0n) is 10.9. The molecule has 0 aliphatic rings. The minimum Gasteiger partial charge on any atom is -0.483 e. The first-order valence-corrected chi connectivity index (χ1v) is 7.57. The van der Waals surface area contributed by atoms with Crippen LogP contribution in [0.15, 0.2) is 32.2 Å². The van der Waals surface area contributed by atoms with E-state index >= 15 is 0 Å². The SMILES string of the molecule is CCC(CC)=NNC(=O)COc1ccc(Br)cc1Br. The van der Waals surface area contributed by atoms with Crippen molar-refractivity contribution in [2.75, 3.05) is 6.61 Å². The number of carbonyl (C=O) groups excluding carboxylic acids is 1. The largest absolute Gasteiger partial charge is 0.483 e. The molecule has 0 aromatic heterocycles. The molecule has 19 heavy (non-hydrogen) atoms. The van der Waals surface area contributed by atoms with Crippen LogP contribution in [0.2, 0.25) is 0 Å².